The molecule has 1 aliphatic carbocycles. The van der Waals surface area contributed by atoms with E-state index in [4.69, 9.17) is 4.74 Å². The second kappa shape index (κ2) is 4.64. The molecule has 3 heteroatoms. The lowest BCUT2D eigenvalue weighted by Gasteiger charge is -2.36. The van der Waals surface area contributed by atoms with Crippen LogP contribution in [0.1, 0.15) is 33.1 Å². The Morgan fingerprint density at radius 3 is 2.19 bits per heavy atom. The molecule has 1 rings (SSSR count). The van der Waals surface area contributed by atoms with Crippen LogP contribution in [0.15, 0.2) is 24.3 Å². The standard InChI is InChI=1S/C13H18O3/c1-5-16-12(15)13(11(4)14)9(2)7-6-8-10(13)3/h2-3,5-8H2,1,4H3. The zero-order chi connectivity index (χ0) is 12.3. The molecule has 1 saturated carbocycles. The van der Waals surface area contributed by atoms with Crippen LogP contribution in [0.2, 0.25) is 0 Å². The number of carbonyl (C=O) groups is 2. The monoisotopic (exact) mass is 222 g/mol. The van der Waals surface area contributed by atoms with Gasteiger partial charge in [0.1, 0.15) is 0 Å². The van der Waals surface area contributed by atoms with Gasteiger partial charge >= 0.3 is 5.97 Å². The number of rotatable bonds is 3. The summed E-state index contributed by atoms with van der Waals surface area (Å²) in [5, 5.41) is 0. The van der Waals surface area contributed by atoms with Crippen LogP contribution in [0.5, 0.6) is 0 Å². The molecule has 3 nitrogen and oxygen atoms in total. The topological polar surface area (TPSA) is 43.4 Å². The van der Waals surface area contributed by atoms with E-state index in [-0.39, 0.29) is 12.4 Å². The lowest BCUT2D eigenvalue weighted by molar-refractivity contribution is -0.155. The lowest BCUT2D eigenvalue weighted by atomic mass is 9.65. The van der Waals surface area contributed by atoms with Crippen molar-refractivity contribution in [1.82, 2.24) is 0 Å². The van der Waals surface area contributed by atoms with Gasteiger partial charge in [0.25, 0.3) is 0 Å². The molecule has 0 radical (unpaired) electrons. The van der Waals surface area contributed by atoms with Crippen LogP contribution in [-0.4, -0.2) is 18.4 Å². The van der Waals surface area contributed by atoms with Crippen molar-refractivity contribution in [3.8, 4) is 0 Å². The average molecular weight is 222 g/mol. The zero-order valence-corrected chi connectivity index (χ0v) is 9.97. The highest BCUT2D eigenvalue weighted by molar-refractivity contribution is 6.09. The van der Waals surface area contributed by atoms with Crippen LogP contribution < -0.4 is 0 Å². The fourth-order valence-electron chi connectivity index (χ4n) is 2.31. The van der Waals surface area contributed by atoms with Crippen LogP contribution in [0.25, 0.3) is 0 Å². The molecule has 88 valence electrons. The predicted molar refractivity (Wildman–Crippen MR) is 61.9 cm³/mol. The van der Waals surface area contributed by atoms with E-state index < -0.39 is 11.4 Å². The van der Waals surface area contributed by atoms with Gasteiger partial charge in [0.2, 0.25) is 0 Å². The maximum atomic E-state index is 12.0. The molecule has 0 bridgehead atoms. The third-order valence-corrected chi connectivity index (χ3v) is 3.13. The molecule has 0 N–H and O–H groups in total. The minimum absolute atomic E-state index is 0.236. The van der Waals surface area contributed by atoms with Crippen molar-refractivity contribution in [3.63, 3.8) is 0 Å². The van der Waals surface area contributed by atoms with Gasteiger partial charge in [-0.15, -0.1) is 0 Å². The maximum Gasteiger partial charge on any atom is 0.328 e. The molecule has 0 aromatic carbocycles. The van der Waals surface area contributed by atoms with Crippen molar-refractivity contribution in [2.45, 2.75) is 33.1 Å². The number of ketones is 1. The van der Waals surface area contributed by atoms with Crippen molar-refractivity contribution in [1.29, 1.82) is 0 Å². The fourth-order valence-corrected chi connectivity index (χ4v) is 2.31. The summed E-state index contributed by atoms with van der Waals surface area (Å²) in [5.41, 5.74) is -0.0433. The van der Waals surface area contributed by atoms with Gasteiger partial charge in [-0.2, -0.15) is 0 Å². The van der Waals surface area contributed by atoms with Gasteiger partial charge in [0.05, 0.1) is 6.61 Å². The third-order valence-electron chi connectivity index (χ3n) is 3.13. The van der Waals surface area contributed by atoms with Crippen molar-refractivity contribution < 1.29 is 14.3 Å². The number of ether oxygens (including phenoxy) is 1. The normalized spacial score (nSPS) is 19.4. The Kier molecular flexibility index (Phi) is 3.68. The van der Waals surface area contributed by atoms with Gasteiger partial charge in [-0.25, -0.2) is 0 Å². The van der Waals surface area contributed by atoms with Crippen molar-refractivity contribution in [3.05, 3.63) is 24.3 Å². The van der Waals surface area contributed by atoms with Crippen LogP contribution in [0, 0.1) is 5.41 Å². The third kappa shape index (κ3) is 1.70. The molecule has 0 aromatic rings. The Balaban J connectivity index is 3.21. The first kappa shape index (κ1) is 12.7. The summed E-state index contributed by atoms with van der Waals surface area (Å²) in [7, 11) is 0. The van der Waals surface area contributed by atoms with Crippen LogP contribution in [0.3, 0.4) is 0 Å². The first-order chi connectivity index (χ1) is 7.47. The molecule has 16 heavy (non-hydrogen) atoms. The molecule has 1 fully saturated rings. The van der Waals surface area contributed by atoms with Crippen LogP contribution in [-0.2, 0) is 14.3 Å². The van der Waals surface area contributed by atoms with Gasteiger partial charge in [-0.1, -0.05) is 13.2 Å². The minimum atomic E-state index is -1.28. The van der Waals surface area contributed by atoms with Crippen LogP contribution >= 0.6 is 0 Å². The summed E-state index contributed by atoms with van der Waals surface area (Å²) >= 11 is 0. The molecule has 0 spiro atoms. The largest absolute Gasteiger partial charge is 0.465 e. The van der Waals surface area contributed by atoms with Gasteiger partial charge in [0, 0.05) is 0 Å². The zero-order valence-electron chi connectivity index (χ0n) is 9.97. The van der Waals surface area contributed by atoms with Gasteiger partial charge < -0.3 is 4.74 Å². The first-order valence-electron chi connectivity index (χ1n) is 5.52. The van der Waals surface area contributed by atoms with Crippen molar-refractivity contribution in [2.75, 3.05) is 6.61 Å². The average Bonchev–Trinajstić information content (AvgIpc) is 2.17. The second-order valence-electron chi connectivity index (χ2n) is 4.09. The maximum absolute atomic E-state index is 12.0. The lowest BCUT2D eigenvalue weighted by Crippen LogP contribution is -2.44. The smallest absolute Gasteiger partial charge is 0.328 e. The Labute approximate surface area is 96.2 Å². The Hall–Kier alpha value is -1.38. The van der Waals surface area contributed by atoms with Crippen LogP contribution in [0.4, 0.5) is 0 Å². The molecule has 0 unspecified atom stereocenters. The van der Waals surface area contributed by atoms with E-state index in [1.807, 2.05) is 0 Å². The predicted octanol–water partition coefficient (Wildman–Crippen LogP) is 2.42. The second-order valence-corrected chi connectivity index (χ2v) is 4.09. The summed E-state index contributed by atoms with van der Waals surface area (Å²) < 4.78 is 5.01. The number of hydrogen-bond donors (Lipinski definition) is 0. The molecule has 0 saturated heterocycles. The Morgan fingerprint density at radius 2 is 1.81 bits per heavy atom. The highest BCUT2D eigenvalue weighted by Gasteiger charge is 2.50. The SMILES string of the molecule is C=C1CCCC(=C)C1(C(C)=O)C(=O)OCC. The molecule has 0 atom stereocenters. The summed E-state index contributed by atoms with van der Waals surface area (Å²) in [5.74, 6) is -0.752. The van der Waals surface area contributed by atoms with Crippen molar-refractivity contribution >= 4 is 11.8 Å². The fraction of sp³-hybridized carbons (Fsp3) is 0.538. The molecular weight excluding hydrogens is 204 g/mol. The Morgan fingerprint density at radius 1 is 1.31 bits per heavy atom. The number of esters is 1. The van der Waals surface area contributed by atoms with Crippen molar-refractivity contribution in [2.24, 2.45) is 5.41 Å². The summed E-state index contributed by atoms with van der Waals surface area (Å²) in [6, 6.07) is 0. The summed E-state index contributed by atoms with van der Waals surface area (Å²) in [4.78, 5) is 23.9. The number of Topliss-reactive ketones (excluding diaryl/α,β-unsaturated/α-hetero) is 1. The van der Waals surface area contributed by atoms with Gasteiger partial charge in [0.15, 0.2) is 11.2 Å². The summed E-state index contributed by atoms with van der Waals surface area (Å²) in [6.45, 7) is 11.1. The highest BCUT2D eigenvalue weighted by atomic mass is 16.5. The van der Waals surface area contributed by atoms with Gasteiger partial charge in [-0.05, 0) is 44.3 Å². The highest BCUT2D eigenvalue weighted by Crippen LogP contribution is 2.45. The molecule has 1 aliphatic rings. The first-order valence-corrected chi connectivity index (χ1v) is 5.52. The quantitative estimate of drug-likeness (QED) is 0.418. The van der Waals surface area contributed by atoms with E-state index in [9.17, 15) is 9.59 Å². The minimum Gasteiger partial charge on any atom is -0.465 e. The van der Waals surface area contributed by atoms with E-state index >= 15 is 0 Å². The molecular formula is C13H18O3. The number of hydrogen-bond acceptors (Lipinski definition) is 3. The number of carbonyl (C=O) groups excluding carboxylic acids is 2. The van der Waals surface area contributed by atoms with E-state index in [0.29, 0.717) is 24.0 Å². The van der Waals surface area contributed by atoms with E-state index in [0.717, 1.165) is 6.42 Å². The molecule has 0 aromatic heterocycles. The summed E-state index contributed by atoms with van der Waals surface area (Å²) in [6.07, 6.45) is 2.25. The van der Waals surface area contributed by atoms with Gasteiger partial charge in [-0.3, -0.25) is 9.59 Å². The van der Waals surface area contributed by atoms with E-state index in [1.165, 1.54) is 6.92 Å². The van der Waals surface area contributed by atoms with E-state index in [1.54, 1.807) is 6.92 Å². The molecule has 0 heterocycles. The molecule has 0 amide bonds. The molecule has 0 aliphatic heterocycles. The van der Waals surface area contributed by atoms with E-state index in [2.05, 4.69) is 13.2 Å². The Bertz CT molecular complexity index is 336.